The number of nitrogens with zero attached hydrogens (tertiary/aromatic N) is 2. The van der Waals surface area contributed by atoms with Crippen molar-refractivity contribution in [3.8, 4) is 5.75 Å². The number of benzene rings is 4. The third-order valence-electron chi connectivity index (χ3n) is 17.2. The maximum Gasteiger partial charge on any atom is 0.305 e. The van der Waals surface area contributed by atoms with Gasteiger partial charge in [0.2, 0.25) is 59.1 Å². The van der Waals surface area contributed by atoms with Gasteiger partial charge in [-0.05, 0) is 122 Å². The van der Waals surface area contributed by atoms with Gasteiger partial charge in [-0.15, -0.1) is 0 Å². The molecule has 29 nitrogen and oxygen atoms in total. The Morgan fingerprint density at radius 3 is 1.83 bits per heavy atom. The van der Waals surface area contributed by atoms with E-state index in [1.807, 2.05) is 0 Å². The van der Waals surface area contributed by atoms with Crippen LogP contribution in [0.4, 0.5) is 8.78 Å². The predicted molar refractivity (Wildman–Crippen MR) is 347 cm³/mol. The number of aromatic amines is 3. The lowest BCUT2D eigenvalue weighted by Crippen LogP contribution is -2.63. The lowest BCUT2D eigenvalue weighted by molar-refractivity contribution is -0.147. The number of primary amides is 1. The van der Waals surface area contributed by atoms with Crippen molar-refractivity contribution in [3.05, 3.63) is 155 Å². The molecule has 0 unspecified atom stereocenters. The first-order valence-electron chi connectivity index (χ1n) is 31.6. The number of H-pyrrole nitrogens is 3. The molecule has 1 fully saturated rings. The molecule has 8 atom stereocenters. The zero-order valence-corrected chi connectivity index (χ0v) is 53.4. The lowest BCUT2D eigenvalue weighted by atomic mass is 9.94. The summed E-state index contributed by atoms with van der Waals surface area (Å²) in [7, 11) is 0. The lowest BCUT2D eigenvalue weighted by Gasteiger charge is -2.37. The second kappa shape index (κ2) is 31.8. The normalized spacial score (nSPS) is 22.7. The number of carbonyl (C=O) groups excluding carboxylic acids is 11. The van der Waals surface area contributed by atoms with Gasteiger partial charge in [-0.3, -0.25) is 57.5 Å². The number of carboxylic acids is 1. The molecule has 98 heavy (non-hydrogen) atoms. The van der Waals surface area contributed by atoms with Crippen molar-refractivity contribution in [3.63, 3.8) is 0 Å². The van der Waals surface area contributed by atoms with Crippen LogP contribution in [0.15, 0.2) is 110 Å². The number of carbonyl (C=O) groups is 12. The van der Waals surface area contributed by atoms with Crippen LogP contribution >= 0.6 is 0 Å². The zero-order valence-electron chi connectivity index (χ0n) is 53.4. The van der Waals surface area contributed by atoms with Gasteiger partial charge < -0.3 is 83.6 Å². The fourth-order valence-corrected chi connectivity index (χ4v) is 12.0. The number of imidazole rings is 1. The number of aromatic nitrogens is 4. The molecule has 16 N–H and O–H groups in total. The van der Waals surface area contributed by atoms with Crippen molar-refractivity contribution in [2.24, 2.45) is 5.73 Å². The van der Waals surface area contributed by atoms with Gasteiger partial charge in [0.15, 0.2) is 0 Å². The van der Waals surface area contributed by atoms with Crippen molar-refractivity contribution < 1.29 is 76.5 Å². The third-order valence-corrected chi connectivity index (χ3v) is 17.2. The molecule has 11 amide bonds. The summed E-state index contributed by atoms with van der Waals surface area (Å²) < 4.78 is 29.7. The van der Waals surface area contributed by atoms with Crippen LogP contribution in [0.25, 0.3) is 21.8 Å². The van der Waals surface area contributed by atoms with Crippen LogP contribution in [0.2, 0.25) is 0 Å². The van der Waals surface area contributed by atoms with E-state index in [-0.39, 0.29) is 79.6 Å². The number of rotatable bonds is 12. The van der Waals surface area contributed by atoms with E-state index in [0.29, 0.717) is 39.5 Å². The molecule has 3 aliphatic heterocycles. The average Bonchev–Trinajstić information content (AvgIpc) is 1.60. The van der Waals surface area contributed by atoms with Crippen molar-refractivity contribution >= 4 is 92.8 Å². The largest absolute Gasteiger partial charge is 0.508 e. The first kappa shape index (κ1) is 70.8. The Morgan fingerprint density at radius 1 is 0.663 bits per heavy atom. The highest BCUT2D eigenvalue weighted by Crippen LogP contribution is 2.31. The Kier molecular flexibility index (Phi) is 23.0. The molecule has 3 aliphatic rings. The number of phenols is 1. The second-order valence-corrected chi connectivity index (χ2v) is 24.4. The summed E-state index contributed by atoms with van der Waals surface area (Å²) in [5.74, 6) is -13.0. The summed E-state index contributed by atoms with van der Waals surface area (Å²) in [6, 6.07) is 8.02. The number of nitrogens with two attached hydrogens (primary N) is 1. The van der Waals surface area contributed by atoms with E-state index in [4.69, 9.17) is 5.73 Å². The van der Waals surface area contributed by atoms with E-state index in [9.17, 15) is 66.9 Å². The Bertz CT molecular complexity index is 4140. The van der Waals surface area contributed by atoms with Crippen LogP contribution in [0.1, 0.15) is 90.7 Å². The Balaban J connectivity index is 1.07. The molecule has 31 heteroatoms. The summed E-state index contributed by atoms with van der Waals surface area (Å²) in [6.45, 7) is 1.98. The Hall–Kier alpha value is -11.5. The minimum Gasteiger partial charge on any atom is -0.508 e. The molecule has 10 rings (SSSR count). The van der Waals surface area contributed by atoms with Gasteiger partial charge in [0, 0.05) is 104 Å². The first-order chi connectivity index (χ1) is 46.8. The van der Waals surface area contributed by atoms with Gasteiger partial charge >= 0.3 is 5.97 Å². The first-order valence-corrected chi connectivity index (χ1v) is 31.6. The monoisotopic (exact) mass is 1350 g/mol. The molecule has 0 aliphatic carbocycles. The molecule has 0 radical (unpaired) electrons. The minimum atomic E-state index is -2.06. The van der Waals surface area contributed by atoms with Crippen LogP contribution in [-0.2, 0) is 84.8 Å². The molecule has 6 heterocycles. The van der Waals surface area contributed by atoms with Gasteiger partial charge in [0.25, 0.3) is 5.91 Å². The van der Waals surface area contributed by atoms with Crippen LogP contribution in [0.5, 0.6) is 5.75 Å². The van der Waals surface area contributed by atoms with Gasteiger partial charge in [-0.2, -0.15) is 0 Å². The van der Waals surface area contributed by atoms with Gasteiger partial charge in [-0.1, -0.05) is 24.3 Å². The SMILES string of the molecule is CC(=O)N[C@@H]1CCCCNC(=O)c2ccc(cc2)C[C@@H](C(N)=O)NC(=O)[C@]2(C)CCCN2C(=O)[C@H](Cc2ccc(O)cc2)NC(=O)[C@H](Cc2cnc[nH]2)NC(=O)[C@H](CC(=O)O)NC(=O)[C@H](Cc2c[nH]c3ccc(F)cc23)NC(=O)[C@H](Cc2c[nH]c3ccc(F)cc23)NC(=O)CNC1=O. The number of carboxylic acid groups (broad SMARTS) is 1. The summed E-state index contributed by atoms with van der Waals surface area (Å²) in [4.78, 5) is 183. The molecule has 3 aromatic heterocycles. The molecule has 1 saturated heterocycles. The second-order valence-electron chi connectivity index (χ2n) is 24.4. The molecule has 7 aromatic rings. The standard InChI is InChI=1S/C67H75F2N15O14/c1-35(85)77-49-6-3-4-20-72-59(91)38-11-7-36(8-12-38)22-50(58(70)90)83-66(98)67(2)19-5-21-84(67)65(97)55(23-37-9-15-44(86)16-10-37)82-63(95)53(28-43-32-71-34-76-43)80-64(96)54(29-57(88)89)81-62(94)52(25-40-31-74-48-18-14-42(69)27-46(40)48)79-61(93)51(78-56(87)33-75-60(49)92)24-39-30-73-47-17-13-41(68)26-45(39)47/h7-18,26-27,30-32,34,49-55,73-74,86H,3-6,19-25,28-29,33H2,1-2H3,(H2,70,90)(H,71,76)(H,72,91)(H,75,92)(H,77,85)(H,78,87)(H,79,93)(H,80,96)(H,81,94)(H,82,95)(H,83,98)(H,88,89)/t49-,50+,51+,52+,53+,54+,55+,67+/m1/s1. The van der Waals surface area contributed by atoms with Gasteiger partial charge in [0.1, 0.15) is 65.2 Å². The van der Waals surface area contributed by atoms with Crippen molar-refractivity contribution in [2.45, 2.75) is 132 Å². The number of fused-ring (bicyclic) bond motifs is 32. The Morgan fingerprint density at radius 2 is 1.24 bits per heavy atom. The van der Waals surface area contributed by atoms with Crippen molar-refractivity contribution in [1.82, 2.24) is 72.7 Å². The fraction of sp³-hybridized carbons (Fsp3) is 0.358. The number of phenolic OH excluding ortho intramolecular Hbond substituents is 1. The third kappa shape index (κ3) is 18.3. The highest BCUT2D eigenvalue weighted by atomic mass is 19.1. The maximum atomic E-state index is 15.2. The fourth-order valence-electron chi connectivity index (χ4n) is 12.0. The van der Waals surface area contributed by atoms with E-state index in [1.165, 1.54) is 110 Å². The van der Waals surface area contributed by atoms with Crippen molar-refractivity contribution in [1.29, 1.82) is 0 Å². The van der Waals surface area contributed by atoms with Crippen LogP contribution < -0.4 is 53.6 Å². The Labute approximate surface area is 558 Å². The summed E-state index contributed by atoms with van der Waals surface area (Å²) in [6.07, 6.45) is 3.62. The molecule has 516 valence electrons. The highest BCUT2D eigenvalue weighted by Gasteiger charge is 2.49. The van der Waals surface area contributed by atoms with Gasteiger partial charge in [-0.25, -0.2) is 13.8 Å². The number of hydrogen-bond donors (Lipinski definition) is 15. The predicted octanol–water partition coefficient (Wildman–Crippen LogP) is 0.654. The molecular formula is C67H75F2N15O14. The molecule has 0 saturated carbocycles. The van der Waals surface area contributed by atoms with E-state index < -0.39 is 163 Å². The summed E-state index contributed by atoms with van der Waals surface area (Å²) in [5.41, 5.74) is 6.92. The van der Waals surface area contributed by atoms with Crippen molar-refractivity contribution in [2.75, 3.05) is 19.6 Å². The van der Waals surface area contributed by atoms with Crippen LogP contribution in [0.3, 0.4) is 0 Å². The quantitative estimate of drug-likeness (QED) is 0.0747. The highest BCUT2D eigenvalue weighted by molar-refractivity contribution is 6.01. The van der Waals surface area contributed by atoms with E-state index >= 15 is 9.59 Å². The van der Waals surface area contributed by atoms with Crippen LogP contribution in [-0.4, -0.2) is 173 Å². The van der Waals surface area contributed by atoms with E-state index in [2.05, 4.69) is 67.8 Å². The van der Waals surface area contributed by atoms with E-state index in [0.717, 1.165) is 6.07 Å². The van der Waals surface area contributed by atoms with Gasteiger partial charge in [0.05, 0.1) is 19.3 Å². The number of hydrogen-bond acceptors (Lipinski definition) is 14. The average molecular weight is 1350 g/mol. The number of halogens is 2. The number of aliphatic carboxylic acids is 1. The minimum absolute atomic E-state index is 0.0195. The maximum absolute atomic E-state index is 15.2. The molecule has 2 bridgehead atoms. The number of aromatic hydroxyl groups is 1. The summed E-state index contributed by atoms with van der Waals surface area (Å²) >= 11 is 0. The van der Waals surface area contributed by atoms with E-state index in [1.54, 1.807) is 12.1 Å². The zero-order chi connectivity index (χ0) is 70.4. The number of amides is 11. The smallest absolute Gasteiger partial charge is 0.305 e. The summed E-state index contributed by atoms with van der Waals surface area (Å²) in [5, 5.41) is 44.3. The topological polar surface area (TPSA) is 443 Å². The molecular weight excluding hydrogens is 1280 g/mol. The van der Waals surface area contributed by atoms with Crippen LogP contribution in [0, 0.1) is 11.6 Å². The number of nitrogens with one attached hydrogen (secondary N) is 12. The molecule has 0 spiro atoms. The molecule has 4 aromatic carbocycles.